The molecule has 0 aliphatic rings. The van der Waals surface area contributed by atoms with Crippen LogP contribution in [0.5, 0.6) is 0 Å². The Kier molecular flexibility index (Phi) is 2.22. The second-order valence-electron chi connectivity index (χ2n) is 3.84. The summed E-state index contributed by atoms with van der Waals surface area (Å²) in [6.07, 6.45) is 0. The highest BCUT2D eigenvalue weighted by molar-refractivity contribution is 7.16. The van der Waals surface area contributed by atoms with Crippen LogP contribution in [0.3, 0.4) is 0 Å². The number of imidazole rings is 1. The first-order chi connectivity index (χ1) is 8.16. The van der Waals surface area contributed by atoms with Gasteiger partial charge in [0.15, 0.2) is 0 Å². The predicted octanol–water partition coefficient (Wildman–Crippen LogP) is 3.21. The van der Waals surface area contributed by atoms with Crippen LogP contribution in [-0.4, -0.2) is 14.6 Å². The number of benzene rings is 1. The zero-order chi connectivity index (χ0) is 12.0. The van der Waals surface area contributed by atoms with Gasteiger partial charge in [0.05, 0.1) is 11.4 Å². The predicted molar refractivity (Wildman–Crippen MR) is 65.7 cm³/mol. The quantitative estimate of drug-likeness (QED) is 0.661. The van der Waals surface area contributed by atoms with Gasteiger partial charge in [-0.2, -0.15) is 5.10 Å². The zero-order valence-electron chi connectivity index (χ0n) is 9.44. The van der Waals surface area contributed by atoms with Crippen molar-refractivity contribution in [1.82, 2.24) is 14.6 Å². The van der Waals surface area contributed by atoms with Crippen LogP contribution in [0.1, 0.15) is 10.7 Å². The van der Waals surface area contributed by atoms with Gasteiger partial charge in [-0.3, -0.25) is 0 Å². The van der Waals surface area contributed by atoms with E-state index in [-0.39, 0.29) is 5.82 Å². The van der Waals surface area contributed by atoms with Gasteiger partial charge in [-0.25, -0.2) is 13.9 Å². The van der Waals surface area contributed by atoms with Crippen molar-refractivity contribution in [1.29, 1.82) is 0 Å². The summed E-state index contributed by atoms with van der Waals surface area (Å²) in [5.74, 6) is -0.252. The van der Waals surface area contributed by atoms with Crippen LogP contribution in [0.25, 0.3) is 16.2 Å². The molecule has 3 aromatic rings. The Morgan fingerprint density at radius 3 is 2.71 bits per heavy atom. The van der Waals surface area contributed by atoms with E-state index in [9.17, 15) is 4.39 Å². The fourth-order valence-corrected chi connectivity index (χ4v) is 2.64. The number of nitrogens with zero attached hydrogens (tertiary/aromatic N) is 3. The van der Waals surface area contributed by atoms with E-state index in [0.717, 1.165) is 15.7 Å². The molecule has 0 aliphatic carbocycles. The van der Waals surface area contributed by atoms with Crippen LogP contribution < -0.4 is 0 Å². The highest BCUT2D eigenvalue weighted by Crippen LogP contribution is 2.27. The number of halogens is 1. The number of aromatic nitrogens is 3. The van der Waals surface area contributed by atoms with Crippen molar-refractivity contribution >= 4 is 16.3 Å². The molecule has 0 saturated heterocycles. The molecule has 0 bridgehead atoms. The van der Waals surface area contributed by atoms with Gasteiger partial charge in [0.1, 0.15) is 10.8 Å². The maximum atomic E-state index is 13.7. The average Bonchev–Trinajstić information content (AvgIpc) is 2.79. The number of hydrogen-bond acceptors (Lipinski definition) is 3. The third-order valence-electron chi connectivity index (χ3n) is 2.66. The normalized spacial score (nSPS) is 11.2. The summed E-state index contributed by atoms with van der Waals surface area (Å²) < 4.78 is 15.5. The van der Waals surface area contributed by atoms with Crippen molar-refractivity contribution < 1.29 is 4.39 Å². The van der Waals surface area contributed by atoms with Gasteiger partial charge in [-0.1, -0.05) is 23.5 Å². The number of rotatable bonds is 1. The molecule has 1 aromatic carbocycles. The summed E-state index contributed by atoms with van der Waals surface area (Å²) in [6.45, 7) is 3.84. The van der Waals surface area contributed by atoms with Crippen LogP contribution in [-0.2, 0) is 0 Å². The molecule has 2 heterocycles. The van der Waals surface area contributed by atoms with E-state index in [1.807, 2.05) is 19.9 Å². The van der Waals surface area contributed by atoms with Crippen molar-refractivity contribution in [3.8, 4) is 11.3 Å². The van der Waals surface area contributed by atoms with E-state index < -0.39 is 0 Å². The maximum Gasteiger partial charge on any atom is 0.212 e. The van der Waals surface area contributed by atoms with E-state index in [2.05, 4.69) is 10.1 Å². The number of fused-ring (bicyclic) bond motifs is 1. The molecule has 0 saturated carbocycles. The Hall–Kier alpha value is -1.75. The minimum Gasteiger partial charge on any atom is -0.217 e. The SMILES string of the molecule is Cc1nn2c(C)c(-c3ccccc3F)nc2s1. The molecule has 0 aliphatic heterocycles. The van der Waals surface area contributed by atoms with Gasteiger partial charge in [0, 0.05) is 5.56 Å². The minimum absolute atomic E-state index is 0.252. The van der Waals surface area contributed by atoms with Crippen LogP contribution in [0.4, 0.5) is 4.39 Å². The van der Waals surface area contributed by atoms with E-state index in [4.69, 9.17) is 0 Å². The molecule has 0 N–H and O–H groups in total. The third kappa shape index (κ3) is 1.54. The van der Waals surface area contributed by atoms with Gasteiger partial charge < -0.3 is 0 Å². The molecule has 2 aromatic heterocycles. The summed E-state index contributed by atoms with van der Waals surface area (Å²) in [6, 6.07) is 6.67. The molecule has 3 rings (SSSR count). The van der Waals surface area contributed by atoms with Crippen LogP contribution in [0.15, 0.2) is 24.3 Å². The average molecular weight is 247 g/mol. The molecule has 0 fully saturated rings. The second-order valence-corrected chi connectivity index (χ2v) is 5.00. The molecule has 0 unspecified atom stereocenters. The van der Waals surface area contributed by atoms with Crippen molar-refractivity contribution in [3.05, 3.63) is 40.8 Å². The molecule has 0 atom stereocenters. The summed E-state index contributed by atoms with van der Waals surface area (Å²) in [4.78, 5) is 5.25. The first kappa shape index (κ1) is 10.4. The van der Waals surface area contributed by atoms with E-state index in [0.29, 0.717) is 11.3 Å². The fourth-order valence-electron chi connectivity index (χ4n) is 1.85. The Bertz CT molecular complexity index is 699. The number of aryl methyl sites for hydroxylation is 2. The summed E-state index contributed by atoms with van der Waals surface area (Å²) in [5.41, 5.74) is 2.07. The monoisotopic (exact) mass is 247 g/mol. The Morgan fingerprint density at radius 2 is 2.00 bits per heavy atom. The lowest BCUT2D eigenvalue weighted by Gasteiger charge is -2.00. The standard InChI is InChI=1S/C12H10FN3S/c1-7-11(9-5-3-4-6-10(9)13)14-12-16(7)15-8(2)17-12/h3-6H,1-2H3. The van der Waals surface area contributed by atoms with Gasteiger partial charge in [0.2, 0.25) is 4.96 Å². The smallest absolute Gasteiger partial charge is 0.212 e. The first-order valence-electron chi connectivity index (χ1n) is 5.24. The highest BCUT2D eigenvalue weighted by atomic mass is 32.1. The topological polar surface area (TPSA) is 30.2 Å². The van der Waals surface area contributed by atoms with Crippen LogP contribution >= 0.6 is 11.3 Å². The first-order valence-corrected chi connectivity index (χ1v) is 6.06. The van der Waals surface area contributed by atoms with Crippen LogP contribution in [0, 0.1) is 19.7 Å². The molecule has 17 heavy (non-hydrogen) atoms. The van der Waals surface area contributed by atoms with Crippen molar-refractivity contribution in [3.63, 3.8) is 0 Å². The Labute approximate surface area is 102 Å². The van der Waals surface area contributed by atoms with E-state index in [1.165, 1.54) is 17.4 Å². The van der Waals surface area contributed by atoms with Gasteiger partial charge in [-0.05, 0) is 26.0 Å². The van der Waals surface area contributed by atoms with Crippen molar-refractivity contribution in [2.75, 3.05) is 0 Å². The Balaban J connectivity index is 2.28. The lowest BCUT2D eigenvalue weighted by molar-refractivity contribution is 0.630. The Morgan fingerprint density at radius 1 is 1.24 bits per heavy atom. The minimum atomic E-state index is -0.252. The molecule has 5 heteroatoms. The van der Waals surface area contributed by atoms with Gasteiger partial charge in [0.25, 0.3) is 0 Å². The van der Waals surface area contributed by atoms with Crippen molar-refractivity contribution in [2.45, 2.75) is 13.8 Å². The molecule has 86 valence electrons. The highest BCUT2D eigenvalue weighted by Gasteiger charge is 2.15. The second kappa shape index (κ2) is 3.63. The molecule has 3 nitrogen and oxygen atoms in total. The lowest BCUT2D eigenvalue weighted by atomic mass is 10.1. The molecular formula is C12H10FN3S. The molecule has 0 amide bonds. The van der Waals surface area contributed by atoms with Gasteiger partial charge in [-0.15, -0.1) is 0 Å². The maximum absolute atomic E-state index is 13.7. The molecular weight excluding hydrogens is 237 g/mol. The third-order valence-corrected chi connectivity index (χ3v) is 3.48. The van der Waals surface area contributed by atoms with Crippen LogP contribution in [0.2, 0.25) is 0 Å². The van der Waals surface area contributed by atoms with Crippen molar-refractivity contribution in [2.24, 2.45) is 0 Å². The lowest BCUT2D eigenvalue weighted by Crippen LogP contribution is -1.90. The summed E-state index contributed by atoms with van der Waals surface area (Å²) >= 11 is 1.51. The van der Waals surface area contributed by atoms with E-state index in [1.54, 1.807) is 16.6 Å². The zero-order valence-corrected chi connectivity index (χ0v) is 10.3. The largest absolute Gasteiger partial charge is 0.217 e. The molecule has 0 spiro atoms. The fraction of sp³-hybridized carbons (Fsp3) is 0.167. The summed E-state index contributed by atoms with van der Waals surface area (Å²) in [5, 5.41) is 5.29. The van der Waals surface area contributed by atoms with Gasteiger partial charge >= 0.3 is 0 Å². The number of hydrogen-bond donors (Lipinski definition) is 0. The summed E-state index contributed by atoms with van der Waals surface area (Å²) in [7, 11) is 0. The molecule has 0 radical (unpaired) electrons. The van der Waals surface area contributed by atoms with E-state index >= 15 is 0 Å².